The molecular weight excluding hydrogens is 545 g/mol. The Labute approximate surface area is 219 Å². The first-order chi connectivity index (χ1) is 16.8. The highest BCUT2D eigenvalue weighted by molar-refractivity contribution is 9.10. The number of aryl methyl sites for hydroxylation is 2. The molecule has 0 heterocycles. The molecule has 0 spiro atoms. The van der Waals surface area contributed by atoms with E-state index in [2.05, 4.69) is 20.7 Å². The van der Waals surface area contributed by atoms with E-state index in [4.69, 9.17) is 0 Å². The molecule has 4 rings (SSSR count). The van der Waals surface area contributed by atoms with Gasteiger partial charge in [0.25, 0.3) is 0 Å². The van der Waals surface area contributed by atoms with Crippen LogP contribution in [-0.2, 0) is 21.8 Å². The van der Waals surface area contributed by atoms with E-state index in [1.807, 2.05) is 56.3 Å². The van der Waals surface area contributed by atoms with Crippen molar-refractivity contribution in [2.24, 2.45) is 0 Å². The third-order valence-corrected chi connectivity index (χ3v) is 9.01. The van der Waals surface area contributed by atoms with Gasteiger partial charge in [-0.2, -0.15) is 0 Å². The summed E-state index contributed by atoms with van der Waals surface area (Å²) in [6, 6.07) is 27.8. The van der Waals surface area contributed by atoms with Gasteiger partial charge in [-0.15, -0.1) is 0 Å². The van der Waals surface area contributed by atoms with E-state index in [9.17, 15) is 8.42 Å². The molecule has 0 saturated carbocycles. The van der Waals surface area contributed by atoms with Crippen molar-refractivity contribution in [3.63, 3.8) is 0 Å². The van der Waals surface area contributed by atoms with E-state index in [1.54, 1.807) is 54.6 Å². The molecule has 0 aliphatic heterocycles. The van der Waals surface area contributed by atoms with Crippen molar-refractivity contribution in [3.05, 3.63) is 124 Å². The number of rotatable bonds is 8. The van der Waals surface area contributed by atoms with Crippen LogP contribution in [0, 0.1) is 13.8 Å². The summed E-state index contributed by atoms with van der Waals surface area (Å²) in [5, 5.41) is 0. The van der Waals surface area contributed by atoms with Crippen LogP contribution in [0.5, 0.6) is 0 Å². The fourth-order valence-electron chi connectivity index (χ4n) is 3.70. The minimum absolute atomic E-state index is 0.292. The minimum atomic E-state index is -1.67. The zero-order valence-corrected chi connectivity index (χ0v) is 22.5. The zero-order chi connectivity index (χ0) is 24.9. The number of alkyl halides is 1. The SMILES string of the molecule is Cc1ccc(S(=O)N[C@H](c2ccccc2Br)[C@@H](F)c2ccccc2S(=O)c2ccc(C)cc2)cc1. The molecule has 3 nitrogen and oxygen atoms in total. The van der Waals surface area contributed by atoms with E-state index in [0.29, 0.717) is 30.3 Å². The lowest BCUT2D eigenvalue weighted by molar-refractivity contribution is 0.274. The first-order valence-electron chi connectivity index (χ1n) is 11.1. The Kier molecular flexibility index (Phi) is 8.44. The smallest absolute Gasteiger partial charge is 0.147 e. The molecule has 2 unspecified atom stereocenters. The molecule has 0 aliphatic rings. The third kappa shape index (κ3) is 6.04. The van der Waals surface area contributed by atoms with Crippen LogP contribution in [0.1, 0.15) is 34.5 Å². The monoisotopic (exact) mass is 569 g/mol. The molecular formula is C28H25BrFNO2S2. The van der Waals surface area contributed by atoms with Crippen molar-refractivity contribution in [1.29, 1.82) is 0 Å². The highest BCUT2D eigenvalue weighted by atomic mass is 79.9. The molecule has 0 radical (unpaired) electrons. The fourth-order valence-corrected chi connectivity index (χ4v) is 6.46. The summed E-state index contributed by atoms with van der Waals surface area (Å²) < 4.78 is 46.8. The number of halogens is 2. The van der Waals surface area contributed by atoms with Crippen LogP contribution < -0.4 is 4.72 Å². The Hall–Kier alpha value is -2.45. The Balaban J connectivity index is 1.74. The normalized spacial score (nSPS) is 14.7. The van der Waals surface area contributed by atoms with Gasteiger partial charge in [0.2, 0.25) is 0 Å². The van der Waals surface area contributed by atoms with Gasteiger partial charge in [-0.1, -0.05) is 87.7 Å². The maximum atomic E-state index is 16.5. The van der Waals surface area contributed by atoms with Crippen LogP contribution in [0.3, 0.4) is 0 Å². The molecule has 0 aromatic heterocycles. The largest absolute Gasteiger partial charge is 0.249 e. The predicted molar refractivity (Wildman–Crippen MR) is 144 cm³/mol. The molecule has 35 heavy (non-hydrogen) atoms. The Morgan fingerprint density at radius 3 is 1.83 bits per heavy atom. The van der Waals surface area contributed by atoms with E-state index in [-0.39, 0.29) is 0 Å². The topological polar surface area (TPSA) is 46.2 Å². The van der Waals surface area contributed by atoms with Crippen molar-refractivity contribution >= 4 is 37.7 Å². The Bertz CT molecular complexity index is 1360. The first kappa shape index (κ1) is 25.6. The summed E-state index contributed by atoms with van der Waals surface area (Å²) in [6.45, 7) is 3.91. The lowest BCUT2D eigenvalue weighted by Gasteiger charge is -2.25. The van der Waals surface area contributed by atoms with Crippen LogP contribution in [0.4, 0.5) is 4.39 Å². The van der Waals surface area contributed by atoms with Crippen molar-refractivity contribution in [3.8, 4) is 0 Å². The molecule has 7 heteroatoms. The zero-order valence-electron chi connectivity index (χ0n) is 19.3. The second kappa shape index (κ2) is 11.5. The summed E-state index contributed by atoms with van der Waals surface area (Å²) in [5.74, 6) is 0. The number of hydrogen-bond donors (Lipinski definition) is 1. The van der Waals surface area contributed by atoms with Gasteiger partial charge in [0.1, 0.15) is 17.2 Å². The van der Waals surface area contributed by atoms with Gasteiger partial charge >= 0.3 is 0 Å². The van der Waals surface area contributed by atoms with Gasteiger partial charge < -0.3 is 0 Å². The van der Waals surface area contributed by atoms with E-state index < -0.39 is 34.0 Å². The van der Waals surface area contributed by atoms with Crippen LogP contribution >= 0.6 is 15.9 Å². The molecule has 0 aliphatic carbocycles. The van der Waals surface area contributed by atoms with Crippen LogP contribution in [0.15, 0.2) is 116 Å². The van der Waals surface area contributed by atoms with E-state index in [0.717, 1.165) is 11.1 Å². The molecule has 0 saturated heterocycles. The fraction of sp³-hybridized carbons (Fsp3) is 0.143. The van der Waals surface area contributed by atoms with Gasteiger partial charge in [0.15, 0.2) is 0 Å². The quantitative estimate of drug-likeness (QED) is 0.242. The van der Waals surface area contributed by atoms with E-state index in [1.165, 1.54) is 0 Å². The van der Waals surface area contributed by atoms with Crippen molar-refractivity contribution in [1.82, 2.24) is 4.72 Å². The highest BCUT2D eigenvalue weighted by Gasteiger charge is 2.31. The minimum Gasteiger partial charge on any atom is -0.249 e. The number of benzene rings is 4. The van der Waals surface area contributed by atoms with E-state index >= 15 is 4.39 Å². The van der Waals surface area contributed by atoms with Gasteiger partial charge in [-0.25, -0.2) is 17.5 Å². The highest BCUT2D eigenvalue weighted by Crippen LogP contribution is 2.39. The summed E-state index contributed by atoms with van der Waals surface area (Å²) in [4.78, 5) is 1.55. The Morgan fingerprint density at radius 2 is 1.23 bits per heavy atom. The maximum absolute atomic E-state index is 16.5. The van der Waals surface area contributed by atoms with Crippen LogP contribution in [-0.4, -0.2) is 8.42 Å². The van der Waals surface area contributed by atoms with Crippen LogP contribution in [0.25, 0.3) is 0 Å². The second-order valence-corrected chi connectivity index (χ2v) is 11.8. The summed E-state index contributed by atoms with van der Waals surface area (Å²) in [5.41, 5.74) is 3.01. The van der Waals surface area contributed by atoms with Crippen molar-refractivity contribution in [2.75, 3.05) is 0 Å². The summed E-state index contributed by atoms with van der Waals surface area (Å²) >= 11 is 3.52. The number of nitrogens with one attached hydrogen (secondary N) is 1. The molecule has 180 valence electrons. The Morgan fingerprint density at radius 1 is 0.714 bits per heavy atom. The molecule has 4 aromatic carbocycles. The molecule has 4 atom stereocenters. The second-order valence-electron chi connectivity index (χ2n) is 8.22. The molecule has 0 bridgehead atoms. The lowest BCUT2D eigenvalue weighted by atomic mass is 9.98. The molecule has 0 fully saturated rings. The maximum Gasteiger partial charge on any atom is 0.147 e. The molecule has 4 aromatic rings. The average molecular weight is 571 g/mol. The molecule has 0 amide bonds. The van der Waals surface area contributed by atoms with Gasteiger partial charge in [0.05, 0.1) is 21.7 Å². The van der Waals surface area contributed by atoms with Gasteiger partial charge in [0, 0.05) is 19.8 Å². The molecule has 1 N–H and O–H groups in total. The average Bonchev–Trinajstić information content (AvgIpc) is 2.88. The standard InChI is InChI=1S/C28H25BrFNO2S2/c1-19-11-15-21(16-12-19)34(32)26-10-6-4-8-24(26)27(30)28(23-7-3-5-9-25(23)29)31-35(33)22-17-13-20(2)14-18-22/h3-18,27-28,31H,1-2H3/t27-,28+,34?,35?/m0/s1. The summed E-state index contributed by atoms with van der Waals surface area (Å²) in [6.07, 6.45) is -1.62. The van der Waals surface area contributed by atoms with Crippen LogP contribution in [0.2, 0.25) is 0 Å². The summed E-state index contributed by atoms with van der Waals surface area (Å²) in [7, 11) is -3.24. The first-order valence-corrected chi connectivity index (χ1v) is 14.1. The number of hydrogen-bond acceptors (Lipinski definition) is 2. The third-order valence-electron chi connectivity index (χ3n) is 5.65. The van der Waals surface area contributed by atoms with Gasteiger partial charge in [-0.3, -0.25) is 0 Å². The predicted octanol–water partition coefficient (Wildman–Crippen LogP) is 7.30. The van der Waals surface area contributed by atoms with Crippen molar-refractivity contribution in [2.45, 2.75) is 40.7 Å². The van der Waals surface area contributed by atoms with Crippen molar-refractivity contribution < 1.29 is 12.8 Å². The van der Waals surface area contributed by atoms with Gasteiger partial charge in [-0.05, 0) is 55.8 Å². The lowest BCUT2D eigenvalue weighted by Crippen LogP contribution is -2.28.